The van der Waals surface area contributed by atoms with Gasteiger partial charge in [-0.25, -0.2) is 0 Å². The summed E-state index contributed by atoms with van der Waals surface area (Å²) in [6, 6.07) is -0.910. The molecule has 12 N–H and O–H groups in total. The molecule has 3 heterocycles. The van der Waals surface area contributed by atoms with Crippen LogP contribution in [0.5, 0.6) is 0 Å². The zero-order valence-corrected chi connectivity index (χ0v) is 47.8. The van der Waals surface area contributed by atoms with Crippen molar-refractivity contribution in [1.29, 1.82) is 0 Å². The van der Waals surface area contributed by atoms with Gasteiger partial charge in [-0.1, -0.05) is 184 Å². The monoisotopic (exact) mass is 1130 g/mol. The summed E-state index contributed by atoms with van der Waals surface area (Å²) in [5.74, 6) is -0.284. The zero-order chi connectivity index (χ0) is 57.6. The van der Waals surface area contributed by atoms with Gasteiger partial charge in [0.15, 0.2) is 18.9 Å². The van der Waals surface area contributed by atoms with Gasteiger partial charge in [-0.05, 0) is 51.4 Å². The van der Waals surface area contributed by atoms with Crippen molar-refractivity contribution in [3.63, 3.8) is 0 Å². The molecule has 17 unspecified atom stereocenters. The Hall–Kier alpha value is -2.25. The molecule has 3 aliphatic heterocycles. The first-order valence-electron chi connectivity index (χ1n) is 30.4. The molecule has 19 heteroatoms. The fourth-order valence-corrected chi connectivity index (χ4v) is 10.2. The molecule has 1 amide bonds. The minimum absolute atomic E-state index is 0.213. The van der Waals surface area contributed by atoms with Crippen LogP contribution in [0.25, 0.3) is 0 Å². The molecule has 3 rings (SSSR count). The van der Waals surface area contributed by atoms with Crippen molar-refractivity contribution >= 4 is 5.91 Å². The fraction of sp³-hybridized carbons (Fsp3) is 0.850. The fourth-order valence-electron chi connectivity index (χ4n) is 10.2. The van der Waals surface area contributed by atoms with Gasteiger partial charge in [0.25, 0.3) is 0 Å². The first kappa shape index (κ1) is 71.0. The topological polar surface area (TPSA) is 307 Å². The standard InChI is InChI=1S/C60H107NO18/c1-3-5-7-9-11-13-15-17-19-20-21-22-24-25-27-29-31-33-35-37-44(65)43(61-48(66)38-36-34-32-30-28-26-23-18-16-14-12-10-8-6-4-2)42-74-58-54(72)51(69)56(46(40-63)76-58)79-60-55(73)52(70)57(47(41-64)77-60)78-59-53(71)50(68)49(67)45(39-62)75-59/h6,8,12,14,18,23,28,30,43-47,49-60,62-65,67-73H,3-5,7,9-11,13,15-17,19-22,24-27,29,31-42H2,1-2H3,(H,61,66)/b8-6-,14-12-,23-18-,30-28-. The van der Waals surface area contributed by atoms with Gasteiger partial charge in [-0.2, -0.15) is 0 Å². The highest BCUT2D eigenvalue weighted by Crippen LogP contribution is 2.33. The second kappa shape index (κ2) is 43.4. The Morgan fingerprint density at radius 2 is 0.873 bits per heavy atom. The Balaban J connectivity index is 1.50. The molecule has 19 nitrogen and oxygen atoms in total. The summed E-state index contributed by atoms with van der Waals surface area (Å²) in [4.78, 5) is 13.3. The Bertz CT molecular complexity index is 1630. The number of carbonyl (C=O) groups excluding carboxylic acids is 1. The number of unbranched alkanes of at least 4 members (excludes halogenated alkanes) is 20. The maximum Gasteiger partial charge on any atom is 0.220 e. The van der Waals surface area contributed by atoms with E-state index in [1.807, 2.05) is 0 Å². The lowest BCUT2D eigenvalue weighted by Crippen LogP contribution is -2.66. The molecule has 460 valence electrons. The van der Waals surface area contributed by atoms with Crippen LogP contribution in [0, 0.1) is 0 Å². The predicted molar refractivity (Wildman–Crippen MR) is 300 cm³/mol. The van der Waals surface area contributed by atoms with Gasteiger partial charge in [0.2, 0.25) is 5.91 Å². The van der Waals surface area contributed by atoms with Crippen molar-refractivity contribution in [3.05, 3.63) is 48.6 Å². The van der Waals surface area contributed by atoms with Crippen LogP contribution in [0.2, 0.25) is 0 Å². The molecule has 3 aliphatic rings. The highest BCUT2D eigenvalue weighted by atomic mass is 16.8. The number of hydrogen-bond acceptors (Lipinski definition) is 18. The third kappa shape index (κ3) is 27.3. The minimum Gasteiger partial charge on any atom is -0.394 e. The third-order valence-corrected chi connectivity index (χ3v) is 15.2. The van der Waals surface area contributed by atoms with E-state index in [0.29, 0.717) is 12.8 Å². The van der Waals surface area contributed by atoms with Gasteiger partial charge in [-0.3, -0.25) is 4.79 Å². The SMILES string of the molecule is CC/C=C\C/C=C\C/C=C\C/C=C\CCCCC(=O)NC(COC1OC(CO)C(OC2OC(CO)C(OC3OC(CO)C(O)C(O)C3O)C(O)C2O)C(O)C1O)C(O)CCCCCCCCCCCCCCCCCCCCC. The van der Waals surface area contributed by atoms with Gasteiger partial charge >= 0.3 is 0 Å². The second-order valence-corrected chi connectivity index (χ2v) is 21.8. The zero-order valence-electron chi connectivity index (χ0n) is 47.8. The maximum absolute atomic E-state index is 13.3. The Morgan fingerprint density at radius 3 is 1.34 bits per heavy atom. The number of nitrogens with one attached hydrogen (secondary N) is 1. The summed E-state index contributed by atoms with van der Waals surface area (Å²) in [6.07, 6.45) is 20.6. The number of hydrogen-bond donors (Lipinski definition) is 12. The highest BCUT2D eigenvalue weighted by Gasteiger charge is 2.53. The number of allylic oxidation sites excluding steroid dienone is 8. The number of carbonyl (C=O) groups is 1. The lowest BCUT2D eigenvalue weighted by Gasteiger charge is -2.48. The maximum atomic E-state index is 13.3. The van der Waals surface area contributed by atoms with Crippen molar-refractivity contribution < 1.29 is 89.4 Å². The van der Waals surface area contributed by atoms with E-state index in [9.17, 15) is 61.0 Å². The molecule has 79 heavy (non-hydrogen) atoms. The molecule has 0 aromatic rings. The van der Waals surface area contributed by atoms with Crippen molar-refractivity contribution in [3.8, 4) is 0 Å². The number of aliphatic hydroxyl groups excluding tert-OH is 11. The molecule has 0 bridgehead atoms. The summed E-state index contributed by atoms with van der Waals surface area (Å²) in [6.45, 7) is 1.64. The molecule has 17 atom stereocenters. The van der Waals surface area contributed by atoms with Gasteiger partial charge < -0.3 is 89.9 Å². The lowest BCUT2D eigenvalue weighted by molar-refractivity contribution is -0.379. The number of rotatable bonds is 44. The summed E-state index contributed by atoms with van der Waals surface area (Å²) in [7, 11) is 0. The normalized spacial score (nSPS) is 30.6. The molecular weight excluding hydrogens is 1020 g/mol. The van der Waals surface area contributed by atoms with Crippen molar-refractivity contribution in [2.75, 3.05) is 26.4 Å². The average Bonchev–Trinajstić information content (AvgIpc) is 3.47. The first-order chi connectivity index (χ1) is 38.3. The van der Waals surface area contributed by atoms with E-state index in [0.717, 1.165) is 64.2 Å². The van der Waals surface area contributed by atoms with E-state index >= 15 is 0 Å². The number of ether oxygens (including phenoxy) is 6. The van der Waals surface area contributed by atoms with E-state index in [-0.39, 0.29) is 18.9 Å². The largest absolute Gasteiger partial charge is 0.394 e. The van der Waals surface area contributed by atoms with Crippen molar-refractivity contribution in [2.45, 2.75) is 298 Å². The van der Waals surface area contributed by atoms with Crippen LogP contribution < -0.4 is 5.32 Å². The van der Waals surface area contributed by atoms with Crippen molar-refractivity contribution in [1.82, 2.24) is 5.32 Å². The minimum atomic E-state index is -1.98. The smallest absolute Gasteiger partial charge is 0.220 e. The average molecular weight is 1130 g/mol. The molecule has 3 fully saturated rings. The Kier molecular flexibility index (Phi) is 39.0. The van der Waals surface area contributed by atoms with Crippen LogP contribution >= 0.6 is 0 Å². The van der Waals surface area contributed by atoms with E-state index in [1.165, 1.54) is 96.3 Å². The summed E-state index contributed by atoms with van der Waals surface area (Å²) in [5.41, 5.74) is 0. The van der Waals surface area contributed by atoms with Gasteiger partial charge in [0.05, 0.1) is 38.6 Å². The van der Waals surface area contributed by atoms with Crippen LogP contribution in [-0.2, 0) is 33.2 Å². The molecular formula is C60H107NO18. The quantitative estimate of drug-likeness (QED) is 0.0265. The Morgan fingerprint density at radius 1 is 0.468 bits per heavy atom. The molecule has 0 saturated carbocycles. The summed E-state index contributed by atoms with van der Waals surface area (Å²) < 4.78 is 34.3. The molecule has 0 spiro atoms. The van der Waals surface area contributed by atoms with E-state index in [4.69, 9.17) is 28.4 Å². The summed E-state index contributed by atoms with van der Waals surface area (Å²) >= 11 is 0. The van der Waals surface area contributed by atoms with Crippen molar-refractivity contribution in [2.24, 2.45) is 0 Å². The van der Waals surface area contributed by atoms with Crippen LogP contribution in [0.15, 0.2) is 48.6 Å². The van der Waals surface area contributed by atoms with Gasteiger partial charge in [0, 0.05) is 6.42 Å². The van der Waals surface area contributed by atoms with Gasteiger partial charge in [-0.15, -0.1) is 0 Å². The molecule has 3 saturated heterocycles. The second-order valence-electron chi connectivity index (χ2n) is 21.8. The first-order valence-corrected chi connectivity index (χ1v) is 30.4. The molecule has 0 aliphatic carbocycles. The molecule has 0 aromatic heterocycles. The third-order valence-electron chi connectivity index (χ3n) is 15.2. The van der Waals surface area contributed by atoms with Crippen LogP contribution in [0.1, 0.15) is 194 Å². The Labute approximate surface area is 472 Å². The predicted octanol–water partition coefficient (Wildman–Crippen LogP) is 5.48. The van der Waals surface area contributed by atoms with Crippen LogP contribution in [0.4, 0.5) is 0 Å². The number of amides is 1. The number of aliphatic hydroxyl groups is 11. The van der Waals surface area contributed by atoms with Crippen LogP contribution in [-0.4, -0.2) is 193 Å². The van der Waals surface area contributed by atoms with E-state index in [1.54, 1.807) is 0 Å². The van der Waals surface area contributed by atoms with Gasteiger partial charge in [0.1, 0.15) is 73.2 Å². The lowest BCUT2D eigenvalue weighted by atomic mass is 9.96. The molecule has 0 radical (unpaired) electrons. The highest BCUT2D eigenvalue weighted by molar-refractivity contribution is 5.76. The summed E-state index contributed by atoms with van der Waals surface area (Å²) in [5, 5.41) is 120. The van der Waals surface area contributed by atoms with E-state index < -0.39 is 124 Å². The van der Waals surface area contributed by atoms with Crippen LogP contribution in [0.3, 0.4) is 0 Å². The molecule has 0 aromatic carbocycles. The van der Waals surface area contributed by atoms with E-state index in [2.05, 4.69) is 67.8 Å².